The molecule has 0 unspecified atom stereocenters. The molecule has 1 aliphatic heterocycles. The van der Waals surface area contributed by atoms with Crippen LogP contribution in [-0.2, 0) is 26.6 Å². The van der Waals surface area contributed by atoms with Crippen LogP contribution >= 0.6 is 11.3 Å². The number of halogens is 3. The van der Waals surface area contributed by atoms with Crippen molar-refractivity contribution in [2.45, 2.75) is 51.5 Å². The summed E-state index contributed by atoms with van der Waals surface area (Å²) in [6, 6.07) is 10.3. The second-order valence-electron chi connectivity index (χ2n) is 10.7. The standard InChI is InChI=1S/C29H29F3N8S/c1-18-20(3-4-26-24(18)9-22(12-33)40(26)15-19-13-36-38(2)14-19)16-39-7-5-21(6-8-39)37-27-25-10-23(11-29(30,31)32)41-28(25)35-17-34-27/h3-4,9-10,13-14,17,21H,5-8,11,15-16H2,1-2H3,(H,34,35,37). The predicted octanol–water partition coefficient (Wildman–Crippen LogP) is 5.79. The van der Waals surface area contributed by atoms with E-state index in [1.54, 1.807) is 10.7 Å². The number of fused-ring (bicyclic) bond motifs is 2. The molecule has 1 saturated heterocycles. The van der Waals surface area contributed by atoms with Crippen molar-refractivity contribution in [2.75, 3.05) is 18.4 Å². The van der Waals surface area contributed by atoms with E-state index in [0.717, 1.165) is 60.3 Å². The van der Waals surface area contributed by atoms with Gasteiger partial charge in [0.15, 0.2) is 0 Å². The summed E-state index contributed by atoms with van der Waals surface area (Å²) in [6.45, 7) is 5.30. The number of nitrogens with zero attached hydrogens (tertiary/aromatic N) is 7. The lowest BCUT2D eigenvalue weighted by molar-refractivity contribution is -0.126. The molecule has 1 N–H and O–H groups in total. The molecule has 0 saturated carbocycles. The molecule has 5 heterocycles. The van der Waals surface area contributed by atoms with Crippen LogP contribution < -0.4 is 5.32 Å². The molecular formula is C29H29F3N8S. The van der Waals surface area contributed by atoms with Crippen LogP contribution in [0.4, 0.5) is 19.0 Å². The van der Waals surface area contributed by atoms with Crippen LogP contribution in [0.25, 0.3) is 21.1 Å². The summed E-state index contributed by atoms with van der Waals surface area (Å²) in [5, 5.41) is 19.3. The molecule has 0 spiro atoms. The van der Waals surface area contributed by atoms with Gasteiger partial charge in [0.05, 0.1) is 24.5 Å². The van der Waals surface area contributed by atoms with E-state index < -0.39 is 12.6 Å². The average molecular weight is 579 g/mol. The summed E-state index contributed by atoms with van der Waals surface area (Å²) in [6.07, 6.45) is 1.79. The number of anilines is 1. The Bertz CT molecular complexity index is 1750. The van der Waals surface area contributed by atoms with Crippen molar-refractivity contribution in [1.29, 1.82) is 5.26 Å². The molecule has 0 radical (unpaired) electrons. The monoisotopic (exact) mass is 578 g/mol. The van der Waals surface area contributed by atoms with E-state index >= 15 is 0 Å². The van der Waals surface area contributed by atoms with E-state index in [0.29, 0.717) is 28.3 Å². The van der Waals surface area contributed by atoms with Crippen molar-refractivity contribution >= 4 is 38.3 Å². The topological polar surface area (TPSA) is 87.6 Å². The Morgan fingerprint density at radius 3 is 2.63 bits per heavy atom. The summed E-state index contributed by atoms with van der Waals surface area (Å²) >= 11 is 1.07. The van der Waals surface area contributed by atoms with Gasteiger partial charge in [0, 0.05) is 60.3 Å². The predicted molar refractivity (Wildman–Crippen MR) is 153 cm³/mol. The molecule has 0 bridgehead atoms. The number of piperidine rings is 1. The number of hydrogen-bond donors (Lipinski definition) is 1. The molecule has 0 amide bonds. The zero-order valence-corrected chi connectivity index (χ0v) is 23.6. The maximum atomic E-state index is 12.9. The maximum absolute atomic E-state index is 12.9. The quantitative estimate of drug-likeness (QED) is 0.263. The van der Waals surface area contributed by atoms with E-state index in [1.165, 1.54) is 17.5 Å². The van der Waals surface area contributed by atoms with Crippen LogP contribution in [0.3, 0.4) is 0 Å². The SMILES string of the molecule is Cc1c(CN2CCC(Nc3ncnc4sc(CC(F)(F)F)cc34)CC2)ccc2c1cc(C#N)n2Cc1cnn(C)c1. The third-order valence-electron chi connectivity index (χ3n) is 7.76. The number of alkyl halides is 3. The number of likely N-dealkylation sites (tertiary alicyclic amines) is 1. The van der Waals surface area contributed by atoms with E-state index in [2.05, 4.69) is 50.4 Å². The van der Waals surface area contributed by atoms with Crippen molar-refractivity contribution < 1.29 is 13.2 Å². The highest BCUT2D eigenvalue weighted by Gasteiger charge is 2.29. The number of rotatable bonds is 7. The normalized spacial score (nSPS) is 15.1. The molecule has 6 rings (SSSR count). The van der Waals surface area contributed by atoms with Crippen LogP contribution in [0.2, 0.25) is 0 Å². The fourth-order valence-corrected chi connectivity index (χ4v) is 6.69. The number of nitrogens with one attached hydrogen (secondary N) is 1. The van der Waals surface area contributed by atoms with Gasteiger partial charge < -0.3 is 9.88 Å². The smallest absolute Gasteiger partial charge is 0.367 e. The van der Waals surface area contributed by atoms with Gasteiger partial charge in [-0.1, -0.05) is 6.07 Å². The van der Waals surface area contributed by atoms with Crippen LogP contribution in [-0.4, -0.2) is 54.5 Å². The maximum Gasteiger partial charge on any atom is 0.393 e. The lowest BCUT2D eigenvalue weighted by Crippen LogP contribution is -2.39. The van der Waals surface area contributed by atoms with Gasteiger partial charge in [0.25, 0.3) is 0 Å². The van der Waals surface area contributed by atoms with Gasteiger partial charge in [-0.3, -0.25) is 9.58 Å². The highest BCUT2D eigenvalue weighted by molar-refractivity contribution is 7.18. The minimum absolute atomic E-state index is 0.179. The van der Waals surface area contributed by atoms with Gasteiger partial charge >= 0.3 is 6.18 Å². The van der Waals surface area contributed by atoms with Gasteiger partial charge in [0.1, 0.15) is 28.7 Å². The third kappa shape index (κ3) is 5.78. The Hall–Kier alpha value is -3.95. The Balaban J connectivity index is 1.12. The Morgan fingerprint density at radius 2 is 1.93 bits per heavy atom. The van der Waals surface area contributed by atoms with Gasteiger partial charge in [-0.25, -0.2) is 9.97 Å². The minimum Gasteiger partial charge on any atom is -0.367 e. The number of hydrogen-bond acceptors (Lipinski definition) is 7. The number of aromatic nitrogens is 5. The average Bonchev–Trinajstić information content (AvgIpc) is 3.63. The Morgan fingerprint density at radius 1 is 1.12 bits per heavy atom. The first-order valence-corrected chi connectivity index (χ1v) is 14.3. The highest BCUT2D eigenvalue weighted by atomic mass is 32.1. The second-order valence-corrected chi connectivity index (χ2v) is 11.8. The summed E-state index contributed by atoms with van der Waals surface area (Å²) in [5.74, 6) is 0.600. The van der Waals surface area contributed by atoms with Crippen molar-refractivity contribution in [2.24, 2.45) is 7.05 Å². The first kappa shape index (κ1) is 27.2. The van der Waals surface area contributed by atoms with Crippen molar-refractivity contribution in [3.05, 3.63) is 70.2 Å². The first-order valence-electron chi connectivity index (χ1n) is 13.5. The summed E-state index contributed by atoms with van der Waals surface area (Å²) in [4.78, 5) is 11.8. The second kappa shape index (κ2) is 10.8. The molecule has 4 aromatic heterocycles. The Labute approximate surface area is 239 Å². The lowest BCUT2D eigenvalue weighted by atomic mass is 10.0. The van der Waals surface area contributed by atoms with Crippen LogP contribution in [0.5, 0.6) is 0 Å². The third-order valence-corrected chi connectivity index (χ3v) is 8.80. The Kier molecular flexibility index (Phi) is 7.17. The largest absolute Gasteiger partial charge is 0.393 e. The molecular weight excluding hydrogens is 549 g/mol. The molecule has 41 heavy (non-hydrogen) atoms. The van der Waals surface area contributed by atoms with Crippen molar-refractivity contribution in [3.63, 3.8) is 0 Å². The van der Waals surface area contributed by atoms with E-state index in [-0.39, 0.29) is 10.9 Å². The molecule has 212 valence electrons. The molecule has 1 aromatic carbocycles. The molecule has 0 atom stereocenters. The summed E-state index contributed by atoms with van der Waals surface area (Å²) in [7, 11) is 1.88. The fourth-order valence-electron chi connectivity index (χ4n) is 5.67. The van der Waals surface area contributed by atoms with Gasteiger partial charge in [0.2, 0.25) is 0 Å². The molecule has 1 aliphatic rings. The highest BCUT2D eigenvalue weighted by Crippen LogP contribution is 2.33. The zero-order valence-electron chi connectivity index (χ0n) is 22.7. The zero-order chi connectivity index (χ0) is 28.7. The molecule has 8 nitrogen and oxygen atoms in total. The van der Waals surface area contributed by atoms with Gasteiger partial charge in [-0.2, -0.15) is 23.5 Å². The van der Waals surface area contributed by atoms with Crippen LogP contribution in [0, 0.1) is 18.3 Å². The van der Waals surface area contributed by atoms with Crippen molar-refractivity contribution in [3.8, 4) is 6.07 Å². The minimum atomic E-state index is -4.25. The summed E-state index contributed by atoms with van der Waals surface area (Å²) < 4.78 is 42.5. The van der Waals surface area contributed by atoms with Crippen LogP contribution in [0.15, 0.2) is 43.0 Å². The number of benzene rings is 1. The summed E-state index contributed by atoms with van der Waals surface area (Å²) in [5.41, 5.74) is 5.13. The molecule has 1 fully saturated rings. The van der Waals surface area contributed by atoms with E-state index in [9.17, 15) is 18.4 Å². The number of thiophene rings is 1. The van der Waals surface area contributed by atoms with Gasteiger partial charge in [-0.05, 0) is 49.1 Å². The number of nitriles is 1. The molecule has 0 aliphatic carbocycles. The van der Waals surface area contributed by atoms with Gasteiger partial charge in [-0.15, -0.1) is 11.3 Å². The van der Waals surface area contributed by atoms with Crippen molar-refractivity contribution in [1.82, 2.24) is 29.2 Å². The van der Waals surface area contributed by atoms with Crippen LogP contribution in [0.1, 0.15) is 40.1 Å². The number of aryl methyl sites for hydroxylation is 2. The lowest BCUT2D eigenvalue weighted by Gasteiger charge is -2.33. The fraction of sp³-hybridized carbons (Fsp3) is 0.379. The molecule has 12 heteroatoms. The van der Waals surface area contributed by atoms with E-state index in [4.69, 9.17) is 0 Å². The molecule has 5 aromatic rings. The van der Waals surface area contributed by atoms with E-state index in [1.807, 2.05) is 30.1 Å². The first-order chi connectivity index (χ1) is 19.7.